The van der Waals surface area contributed by atoms with Gasteiger partial charge in [0, 0.05) is 42.3 Å². The fraction of sp³-hybridized carbons (Fsp3) is 0.292. The number of halogens is 4. The van der Waals surface area contributed by atoms with Gasteiger partial charge in [-0.05, 0) is 42.3 Å². The molecule has 176 valence electrons. The molecule has 0 saturated heterocycles. The van der Waals surface area contributed by atoms with E-state index < -0.39 is 12.0 Å². The second-order valence-electron chi connectivity index (χ2n) is 8.55. The molecule has 4 heterocycles. The average molecular weight is 472 g/mol. The molecule has 2 aliphatic rings. The highest BCUT2D eigenvalue weighted by Crippen LogP contribution is 2.40. The maximum absolute atomic E-state index is 13.7. The van der Waals surface area contributed by atoms with E-state index in [0.717, 1.165) is 35.0 Å². The summed E-state index contributed by atoms with van der Waals surface area (Å²) in [4.78, 5) is 11.4. The standard InChI is InChI=1S/C24H20F4N4O2/c25-14-1-2-18-16(9-14)17(10-29-18)13-5-7-32(8-6-13)11-15-12-33-20-4-3-19-21(22(20)34-15)31-23(30-19)24(26,27)28/h1-5,9-10,15,29H,6-8,11-12H2,(H,30,31). The lowest BCUT2D eigenvalue weighted by Crippen LogP contribution is -2.42. The summed E-state index contributed by atoms with van der Waals surface area (Å²) in [5.74, 6) is -0.715. The third-order valence-corrected chi connectivity index (χ3v) is 6.29. The lowest BCUT2D eigenvalue weighted by molar-refractivity contribution is -0.144. The van der Waals surface area contributed by atoms with Crippen LogP contribution in [0.25, 0.3) is 27.5 Å². The highest BCUT2D eigenvalue weighted by molar-refractivity contribution is 5.92. The van der Waals surface area contributed by atoms with E-state index in [1.165, 1.54) is 12.1 Å². The minimum atomic E-state index is -4.57. The summed E-state index contributed by atoms with van der Waals surface area (Å²) in [7, 11) is 0. The number of imidazole rings is 1. The van der Waals surface area contributed by atoms with Crippen LogP contribution in [0.5, 0.6) is 11.5 Å². The predicted molar refractivity (Wildman–Crippen MR) is 118 cm³/mol. The van der Waals surface area contributed by atoms with E-state index in [2.05, 4.69) is 25.9 Å². The molecule has 0 radical (unpaired) electrons. The molecule has 0 bridgehead atoms. The number of nitrogens with zero attached hydrogens (tertiary/aromatic N) is 2. The van der Waals surface area contributed by atoms with Crippen molar-refractivity contribution >= 4 is 27.5 Å². The average Bonchev–Trinajstić information content (AvgIpc) is 3.44. The number of benzene rings is 2. The molecule has 2 aliphatic heterocycles. The first-order chi connectivity index (χ1) is 16.3. The molecule has 4 aromatic rings. The number of rotatable bonds is 3. The summed E-state index contributed by atoms with van der Waals surface area (Å²) in [6.07, 6.45) is -0.107. The van der Waals surface area contributed by atoms with Crippen molar-refractivity contribution < 1.29 is 27.0 Å². The zero-order chi connectivity index (χ0) is 23.4. The van der Waals surface area contributed by atoms with E-state index >= 15 is 0 Å². The molecule has 1 atom stereocenters. The van der Waals surface area contributed by atoms with Gasteiger partial charge in [-0.25, -0.2) is 9.37 Å². The third-order valence-electron chi connectivity index (χ3n) is 6.29. The van der Waals surface area contributed by atoms with Crippen molar-refractivity contribution in [1.29, 1.82) is 0 Å². The molecular formula is C24H20F4N4O2. The van der Waals surface area contributed by atoms with Crippen LogP contribution >= 0.6 is 0 Å². The summed E-state index contributed by atoms with van der Waals surface area (Å²) in [6.45, 7) is 2.29. The molecule has 2 aromatic heterocycles. The van der Waals surface area contributed by atoms with Crippen molar-refractivity contribution in [3.63, 3.8) is 0 Å². The van der Waals surface area contributed by atoms with Crippen molar-refractivity contribution in [1.82, 2.24) is 19.9 Å². The van der Waals surface area contributed by atoms with Crippen LogP contribution in [0.2, 0.25) is 0 Å². The van der Waals surface area contributed by atoms with Gasteiger partial charge >= 0.3 is 6.18 Å². The van der Waals surface area contributed by atoms with Gasteiger partial charge in [-0.3, -0.25) is 4.90 Å². The van der Waals surface area contributed by atoms with E-state index in [1.807, 2.05) is 6.20 Å². The lowest BCUT2D eigenvalue weighted by atomic mass is 9.98. The monoisotopic (exact) mass is 472 g/mol. The van der Waals surface area contributed by atoms with Gasteiger partial charge in [0.1, 0.15) is 24.0 Å². The number of hydrogen-bond acceptors (Lipinski definition) is 4. The van der Waals surface area contributed by atoms with Crippen LogP contribution in [0.4, 0.5) is 17.6 Å². The van der Waals surface area contributed by atoms with Gasteiger partial charge in [-0.15, -0.1) is 0 Å². The van der Waals surface area contributed by atoms with Crippen LogP contribution in [0.3, 0.4) is 0 Å². The molecular weight excluding hydrogens is 452 g/mol. The van der Waals surface area contributed by atoms with Crippen molar-refractivity contribution in [3.8, 4) is 11.5 Å². The zero-order valence-corrected chi connectivity index (χ0v) is 17.9. The molecule has 0 spiro atoms. The van der Waals surface area contributed by atoms with Crippen LogP contribution in [0.15, 0.2) is 42.6 Å². The summed E-state index contributed by atoms with van der Waals surface area (Å²) >= 11 is 0. The van der Waals surface area contributed by atoms with Crippen molar-refractivity contribution in [2.75, 3.05) is 26.2 Å². The first-order valence-electron chi connectivity index (χ1n) is 10.9. The Labute approximate surface area is 191 Å². The van der Waals surface area contributed by atoms with Crippen molar-refractivity contribution in [2.24, 2.45) is 0 Å². The number of ether oxygens (including phenoxy) is 2. The summed E-state index contributed by atoms with van der Waals surface area (Å²) in [6, 6.07) is 7.81. The maximum atomic E-state index is 13.7. The van der Waals surface area contributed by atoms with E-state index in [0.29, 0.717) is 25.4 Å². The second kappa shape index (κ2) is 7.76. The SMILES string of the molecule is Fc1ccc2[nH]cc(C3=CCN(CC4COc5ccc6[nH]c(C(F)(F)F)nc6c5O4)CC3)c2c1. The molecule has 0 saturated carbocycles. The van der Waals surface area contributed by atoms with Gasteiger partial charge in [-0.2, -0.15) is 13.2 Å². The molecule has 6 rings (SSSR count). The largest absolute Gasteiger partial charge is 0.486 e. The van der Waals surface area contributed by atoms with Gasteiger partial charge in [0.25, 0.3) is 0 Å². The topological polar surface area (TPSA) is 66.2 Å². The third kappa shape index (κ3) is 3.67. The summed E-state index contributed by atoms with van der Waals surface area (Å²) in [5.41, 5.74) is 3.40. The fourth-order valence-corrected chi connectivity index (χ4v) is 4.64. The minimum absolute atomic E-state index is 0.113. The van der Waals surface area contributed by atoms with Crippen LogP contribution < -0.4 is 9.47 Å². The number of nitrogens with one attached hydrogen (secondary N) is 2. The van der Waals surface area contributed by atoms with E-state index in [4.69, 9.17) is 9.47 Å². The van der Waals surface area contributed by atoms with Crippen LogP contribution in [0, 0.1) is 5.82 Å². The Morgan fingerprint density at radius 1 is 1.15 bits per heavy atom. The Kier molecular flexibility index (Phi) is 4.80. The van der Waals surface area contributed by atoms with Crippen molar-refractivity contribution in [3.05, 3.63) is 59.8 Å². The number of hydrogen-bond donors (Lipinski definition) is 2. The minimum Gasteiger partial charge on any atom is -0.486 e. The number of aromatic amines is 2. The predicted octanol–water partition coefficient (Wildman–Crippen LogP) is 5.13. The van der Waals surface area contributed by atoms with Crippen LogP contribution in [0.1, 0.15) is 17.8 Å². The molecule has 34 heavy (non-hydrogen) atoms. The van der Waals surface area contributed by atoms with E-state index in [-0.39, 0.29) is 28.7 Å². The van der Waals surface area contributed by atoms with E-state index in [9.17, 15) is 17.6 Å². The molecule has 2 N–H and O–H groups in total. The number of aromatic nitrogens is 3. The first kappa shape index (κ1) is 21.0. The molecule has 0 fully saturated rings. The van der Waals surface area contributed by atoms with Gasteiger partial charge < -0.3 is 19.4 Å². The Balaban J connectivity index is 1.18. The maximum Gasteiger partial charge on any atom is 0.449 e. The Bertz CT molecular complexity index is 1420. The molecule has 1 unspecified atom stereocenters. The van der Waals surface area contributed by atoms with Crippen LogP contribution in [-0.4, -0.2) is 52.2 Å². The Morgan fingerprint density at radius 2 is 2.00 bits per heavy atom. The highest BCUT2D eigenvalue weighted by Gasteiger charge is 2.36. The molecule has 0 aliphatic carbocycles. The van der Waals surface area contributed by atoms with Crippen molar-refractivity contribution in [2.45, 2.75) is 18.7 Å². The first-order valence-corrected chi connectivity index (χ1v) is 10.9. The quantitative estimate of drug-likeness (QED) is 0.406. The number of fused-ring (bicyclic) bond motifs is 4. The molecule has 10 heteroatoms. The lowest BCUT2D eigenvalue weighted by Gasteiger charge is -2.32. The van der Waals surface area contributed by atoms with Crippen LogP contribution in [-0.2, 0) is 6.18 Å². The molecule has 6 nitrogen and oxygen atoms in total. The second-order valence-corrected chi connectivity index (χ2v) is 8.55. The smallest absolute Gasteiger partial charge is 0.449 e. The summed E-state index contributed by atoms with van der Waals surface area (Å²) < 4.78 is 64.8. The Morgan fingerprint density at radius 3 is 2.79 bits per heavy atom. The number of alkyl halides is 3. The van der Waals surface area contributed by atoms with Gasteiger partial charge in [0.15, 0.2) is 11.5 Å². The normalized spacial score (nSPS) is 19.1. The fourth-order valence-electron chi connectivity index (χ4n) is 4.64. The van der Waals surface area contributed by atoms with Gasteiger partial charge in [-0.1, -0.05) is 6.08 Å². The molecule has 2 aromatic carbocycles. The van der Waals surface area contributed by atoms with Gasteiger partial charge in [0.05, 0.1) is 5.52 Å². The van der Waals surface area contributed by atoms with Gasteiger partial charge in [0.2, 0.25) is 5.82 Å². The summed E-state index contributed by atoms with van der Waals surface area (Å²) in [5, 5.41) is 0.863. The highest BCUT2D eigenvalue weighted by atomic mass is 19.4. The molecule has 0 amide bonds. The zero-order valence-electron chi connectivity index (χ0n) is 17.9. The van der Waals surface area contributed by atoms with E-state index in [1.54, 1.807) is 18.2 Å². The number of H-pyrrole nitrogens is 2. The Hall–Kier alpha value is -3.53.